The van der Waals surface area contributed by atoms with Gasteiger partial charge in [-0.15, -0.1) is 0 Å². The fraction of sp³-hybridized carbons (Fsp3) is 0.480. The second-order valence-corrected chi connectivity index (χ2v) is 10.9. The van der Waals surface area contributed by atoms with Gasteiger partial charge >= 0.3 is 0 Å². The largest absolute Gasteiger partial charge is 0.486 e. The Labute approximate surface area is 195 Å². The number of ether oxygens (including phenoxy) is 2. The molecule has 3 atom stereocenters. The highest BCUT2D eigenvalue weighted by Crippen LogP contribution is 2.43. The molecule has 2 fully saturated rings. The third kappa shape index (κ3) is 4.46. The van der Waals surface area contributed by atoms with Crippen LogP contribution in [0.2, 0.25) is 0 Å². The third-order valence-electron chi connectivity index (χ3n) is 6.98. The molecule has 0 radical (unpaired) electrons. The van der Waals surface area contributed by atoms with Crippen molar-refractivity contribution in [2.24, 2.45) is 5.92 Å². The minimum Gasteiger partial charge on any atom is -0.486 e. The van der Waals surface area contributed by atoms with Gasteiger partial charge in [0.1, 0.15) is 19.3 Å². The average molecular weight is 471 g/mol. The Morgan fingerprint density at radius 2 is 1.76 bits per heavy atom. The number of carbonyl (C=O) groups is 1. The quantitative estimate of drug-likeness (QED) is 0.701. The van der Waals surface area contributed by atoms with E-state index in [1.807, 2.05) is 30.3 Å². The summed E-state index contributed by atoms with van der Waals surface area (Å²) in [5, 5.41) is 3.00. The summed E-state index contributed by atoms with van der Waals surface area (Å²) in [4.78, 5) is 13.4. The summed E-state index contributed by atoms with van der Waals surface area (Å²) in [5.74, 6) is 0.995. The number of hydrogen-bond acceptors (Lipinski definition) is 5. The molecule has 33 heavy (non-hydrogen) atoms. The van der Waals surface area contributed by atoms with Crippen LogP contribution in [-0.2, 0) is 21.2 Å². The Morgan fingerprint density at radius 1 is 1.00 bits per heavy atom. The Kier molecular flexibility index (Phi) is 6.29. The molecule has 7 nitrogen and oxygen atoms in total. The van der Waals surface area contributed by atoms with E-state index in [2.05, 4.69) is 5.32 Å². The van der Waals surface area contributed by atoms with Crippen molar-refractivity contribution in [3.63, 3.8) is 0 Å². The van der Waals surface area contributed by atoms with Crippen LogP contribution < -0.4 is 14.8 Å². The summed E-state index contributed by atoms with van der Waals surface area (Å²) < 4.78 is 40.3. The number of benzene rings is 2. The maximum absolute atomic E-state index is 13.8. The maximum Gasteiger partial charge on any atom is 0.244 e. The average Bonchev–Trinajstić information content (AvgIpc) is 3.25. The summed E-state index contributed by atoms with van der Waals surface area (Å²) in [7, 11) is -3.88. The lowest BCUT2D eigenvalue weighted by Crippen LogP contribution is -2.49. The molecule has 2 aromatic rings. The monoisotopic (exact) mass is 470 g/mol. The molecule has 3 aliphatic rings. The summed E-state index contributed by atoms with van der Waals surface area (Å²) in [6, 6.07) is 13.9. The number of amides is 1. The molecule has 0 unspecified atom stereocenters. The zero-order valence-electron chi connectivity index (χ0n) is 18.6. The molecular weight excluding hydrogens is 440 g/mol. The van der Waals surface area contributed by atoms with Gasteiger partial charge in [0.05, 0.1) is 4.90 Å². The predicted molar refractivity (Wildman–Crippen MR) is 124 cm³/mol. The molecule has 0 spiro atoms. The molecule has 1 saturated heterocycles. The molecule has 1 N–H and O–H groups in total. The van der Waals surface area contributed by atoms with E-state index in [9.17, 15) is 13.2 Å². The molecule has 0 bridgehead atoms. The molecule has 1 saturated carbocycles. The highest BCUT2D eigenvalue weighted by Gasteiger charge is 2.51. The predicted octanol–water partition coefficient (Wildman–Crippen LogP) is 3.14. The van der Waals surface area contributed by atoms with Crippen molar-refractivity contribution in [2.75, 3.05) is 19.8 Å². The number of nitrogens with zero attached hydrogens (tertiary/aromatic N) is 1. The minimum absolute atomic E-state index is 0.137. The Hall–Kier alpha value is -2.58. The standard InChI is InChI=1S/C25H30N2O5S/c28-25(26-13-12-18-6-2-1-3-7-18)22-16-19-8-4-5-9-21(19)27(22)33(29,30)20-10-11-23-24(17-20)32-15-14-31-23/h1-3,6-7,10-11,17,19,21-22H,4-5,8-9,12-16H2,(H,26,28)/t19-,21-,22-/m0/s1. The Bertz CT molecular complexity index is 1110. The van der Waals surface area contributed by atoms with E-state index in [-0.39, 0.29) is 22.8 Å². The molecule has 0 aromatic heterocycles. The molecule has 176 valence electrons. The lowest BCUT2D eigenvalue weighted by molar-refractivity contribution is -0.124. The van der Waals surface area contributed by atoms with Gasteiger partial charge in [0.2, 0.25) is 15.9 Å². The highest BCUT2D eigenvalue weighted by atomic mass is 32.2. The SMILES string of the molecule is O=C(NCCc1ccccc1)[C@@H]1C[C@@H]2CCCC[C@@H]2N1S(=O)(=O)c1ccc2c(c1)OCCO2. The second-order valence-electron chi connectivity index (χ2n) is 9.03. The van der Waals surface area contributed by atoms with Crippen LogP contribution in [-0.4, -0.2) is 50.5 Å². The van der Waals surface area contributed by atoms with Crippen molar-refractivity contribution >= 4 is 15.9 Å². The highest BCUT2D eigenvalue weighted by molar-refractivity contribution is 7.89. The summed E-state index contributed by atoms with van der Waals surface area (Å²) >= 11 is 0. The van der Waals surface area contributed by atoms with Crippen LogP contribution in [0, 0.1) is 5.92 Å². The smallest absolute Gasteiger partial charge is 0.244 e. The zero-order chi connectivity index (χ0) is 22.8. The molecular formula is C25H30N2O5S. The van der Waals surface area contributed by atoms with Crippen molar-refractivity contribution in [3.05, 3.63) is 54.1 Å². The molecule has 8 heteroatoms. The van der Waals surface area contributed by atoms with E-state index >= 15 is 0 Å². The number of nitrogens with one attached hydrogen (secondary N) is 1. The second kappa shape index (κ2) is 9.35. The van der Waals surface area contributed by atoms with E-state index in [1.165, 1.54) is 10.4 Å². The summed E-state index contributed by atoms with van der Waals surface area (Å²) in [6.45, 7) is 1.31. The van der Waals surface area contributed by atoms with Crippen LogP contribution >= 0.6 is 0 Å². The van der Waals surface area contributed by atoms with Crippen LogP contribution in [0.25, 0.3) is 0 Å². The number of carbonyl (C=O) groups excluding carboxylic acids is 1. The number of fused-ring (bicyclic) bond motifs is 2. The molecule has 1 aliphatic carbocycles. The van der Waals surface area contributed by atoms with Crippen molar-refractivity contribution in [2.45, 2.75) is 55.5 Å². The Morgan fingerprint density at radius 3 is 2.58 bits per heavy atom. The van der Waals surface area contributed by atoms with E-state index in [0.717, 1.165) is 31.2 Å². The fourth-order valence-electron chi connectivity index (χ4n) is 5.39. The van der Waals surface area contributed by atoms with Gasteiger partial charge in [-0.3, -0.25) is 4.79 Å². The lowest BCUT2D eigenvalue weighted by atomic mass is 9.85. The van der Waals surface area contributed by atoms with Gasteiger partial charge < -0.3 is 14.8 Å². The van der Waals surface area contributed by atoms with Crippen molar-refractivity contribution in [3.8, 4) is 11.5 Å². The molecule has 5 rings (SSSR count). The van der Waals surface area contributed by atoms with Gasteiger partial charge in [-0.05, 0) is 49.3 Å². The third-order valence-corrected chi connectivity index (χ3v) is 8.91. The van der Waals surface area contributed by atoms with Crippen LogP contribution in [0.4, 0.5) is 0 Å². The lowest BCUT2D eigenvalue weighted by Gasteiger charge is -2.33. The van der Waals surface area contributed by atoms with Crippen LogP contribution in [0.1, 0.15) is 37.7 Å². The van der Waals surface area contributed by atoms with Gasteiger partial charge in [0, 0.05) is 18.7 Å². The first-order valence-corrected chi connectivity index (χ1v) is 13.2. The van der Waals surface area contributed by atoms with Gasteiger partial charge in [-0.2, -0.15) is 4.31 Å². The summed E-state index contributed by atoms with van der Waals surface area (Å²) in [6.07, 6.45) is 5.11. The first-order valence-electron chi connectivity index (χ1n) is 11.8. The number of rotatable bonds is 6. The van der Waals surface area contributed by atoms with E-state index in [4.69, 9.17) is 9.47 Å². The number of hydrogen-bond donors (Lipinski definition) is 1. The van der Waals surface area contributed by atoms with Crippen molar-refractivity contribution in [1.82, 2.24) is 9.62 Å². The van der Waals surface area contributed by atoms with Crippen LogP contribution in [0.15, 0.2) is 53.4 Å². The molecule has 2 heterocycles. The summed E-state index contributed by atoms with van der Waals surface area (Å²) in [5.41, 5.74) is 1.14. The first kappa shape index (κ1) is 22.2. The van der Waals surface area contributed by atoms with Gasteiger partial charge in [0.15, 0.2) is 11.5 Å². The number of sulfonamides is 1. The minimum atomic E-state index is -3.88. The van der Waals surface area contributed by atoms with Gasteiger partial charge in [0.25, 0.3) is 0 Å². The van der Waals surface area contributed by atoms with Crippen molar-refractivity contribution in [1.29, 1.82) is 0 Å². The zero-order valence-corrected chi connectivity index (χ0v) is 19.4. The first-order chi connectivity index (χ1) is 16.0. The van der Waals surface area contributed by atoms with Crippen LogP contribution in [0.5, 0.6) is 11.5 Å². The van der Waals surface area contributed by atoms with Crippen LogP contribution in [0.3, 0.4) is 0 Å². The molecule has 2 aliphatic heterocycles. The maximum atomic E-state index is 13.8. The van der Waals surface area contributed by atoms with Crippen molar-refractivity contribution < 1.29 is 22.7 Å². The van der Waals surface area contributed by atoms with E-state index in [0.29, 0.717) is 44.1 Å². The fourth-order valence-corrected chi connectivity index (χ4v) is 7.28. The topological polar surface area (TPSA) is 84.9 Å². The van der Waals surface area contributed by atoms with Gasteiger partial charge in [-0.25, -0.2) is 8.42 Å². The molecule has 1 amide bonds. The Balaban J connectivity index is 1.38. The molecule has 2 aromatic carbocycles. The van der Waals surface area contributed by atoms with E-state index < -0.39 is 16.1 Å². The normalized spacial score (nSPS) is 24.8. The van der Waals surface area contributed by atoms with Gasteiger partial charge in [-0.1, -0.05) is 43.2 Å². The van der Waals surface area contributed by atoms with E-state index in [1.54, 1.807) is 12.1 Å².